The number of rotatable bonds is 9. The minimum absolute atomic E-state index is 0.0150. The molecule has 0 N–H and O–H groups in total. The van der Waals surface area contributed by atoms with Crippen molar-refractivity contribution >= 4 is 37.3 Å². The second-order valence-corrected chi connectivity index (χ2v) is 15.6. The predicted octanol–water partition coefficient (Wildman–Crippen LogP) is 5.54. The molecular formula is C20H33ClO2Sn. The van der Waals surface area contributed by atoms with Gasteiger partial charge in [0.25, 0.3) is 0 Å². The number of carbonyl (C=O) groups is 1. The number of benzene rings is 1. The molecule has 0 aliphatic rings. The zero-order valence-corrected chi connectivity index (χ0v) is 19.5. The van der Waals surface area contributed by atoms with Crippen LogP contribution in [0.4, 0.5) is 0 Å². The van der Waals surface area contributed by atoms with Crippen molar-refractivity contribution in [2.24, 2.45) is 5.92 Å². The summed E-state index contributed by atoms with van der Waals surface area (Å²) in [6.45, 7) is 10.7. The standard InChI is InChI=1S/C11H13ClO2.3C3H7.Sn/c1-7(2)10(11(13)14)8-3-5-9(12)6-4-8;3*1-3-2;/h3-7,10H,1-2H3,(H,13,14);3*1,3H2,2H3;/q;;;;+1/p-1. The Balaban J connectivity index is 0.000000470. The van der Waals surface area contributed by atoms with Crippen LogP contribution in [-0.2, 0) is 4.79 Å². The number of carboxylic acid groups (broad SMARTS) is 1. The Hall–Kier alpha value is -0.221. The molecule has 0 saturated carbocycles. The third-order valence-electron chi connectivity index (χ3n) is 3.96. The van der Waals surface area contributed by atoms with Gasteiger partial charge in [0, 0.05) is 16.9 Å². The molecule has 136 valence electrons. The van der Waals surface area contributed by atoms with Gasteiger partial charge in [-0.05, 0) is 23.6 Å². The van der Waals surface area contributed by atoms with E-state index in [0.717, 1.165) is 5.56 Å². The summed E-state index contributed by atoms with van der Waals surface area (Å²) in [6.07, 6.45) is 4.36. The summed E-state index contributed by atoms with van der Waals surface area (Å²) in [5.74, 6) is -1.59. The molecule has 0 saturated heterocycles. The molecule has 1 aromatic rings. The van der Waals surface area contributed by atoms with Gasteiger partial charge in [0.2, 0.25) is 0 Å². The first-order valence-electron chi connectivity index (χ1n) is 9.17. The summed E-state index contributed by atoms with van der Waals surface area (Å²) in [4.78, 5) is 10.9. The molecule has 0 aliphatic heterocycles. The van der Waals surface area contributed by atoms with Crippen molar-refractivity contribution < 1.29 is 9.90 Å². The molecule has 1 rings (SSSR count). The van der Waals surface area contributed by atoms with Crippen LogP contribution in [0.2, 0.25) is 18.3 Å². The number of carbonyl (C=O) groups excluding carboxylic acids is 1. The normalized spacial score (nSPS) is 11.6. The fraction of sp³-hybridized carbons (Fsp3) is 0.650. The van der Waals surface area contributed by atoms with Gasteiger partial charge in [-0.1, -0.05) is 37.6 Å². The summed E-state index contributed by atoms with van der Waals surface area (Å²) in [5, 5.41) is 11.5. The minimum atomic E-state index is -1.04. The van der Waals surface area contributed by atoms with Gasteiger partial charge < -0.3 is 9.90 Å². The Kier molecular flexibility index (Phi) is 13.9. The molecule has 1 atom stereocenters. The van der Waals surface area contributed by atoms with Crippen LogP contribution in [0.15, 0.2) is 24.3 Å². The van der Waals surface area contributed by atoms with E-state index < -0.39 is 31.6 Å². The van der Waals surface area contributed by atoms with E-state index in [-0.39, 0.29) is 5.92 Å². The molecule has 4 heteroatoms. The zero-order chi connectivity index (χ0) is 18.5. The average Bonchev–Trinajstić information content (AvgIpc) is 2.50. The van der Waals surface area contributed by atoms with E-state index in [0.29, 0.717) is 5.02 Å². The maximum absolute atomic E-state index is 10.9. The summed E-state index contributed by atoms with van der Waals surface area (Å²) in [5.41, 5.74) is 0.740. The van der Waals surface area contributed by atoms with E-state index in [9.17, 15) is 9.90 Å². The van der Waals surface area contributed by atoms with Gasteiger partial charge in [-0.15, -0.1) is 0 Å². The molecule has 24 heavy (non-hydrogen) atoms. The van der Waals surface area contributed by atoms with E-state index in [2.05, 4.69) is 20.8 Å². The Morgan fingerprint density at radius 3 is 1.71 bits per heavy atom. The van der Waals surface area contributed by atoms with Gasteiger partial charge in [0.15, 0.2) is 0 Å². The molecule has 1 aromatic carbocycles. The first kappa shape index (κ1) is 23.8. The van der Waals surface area contributed by atoms with Gasteiger partial charge in [-0.25, -0.2) is 0 Å². The van der Waals surface area contributed by atoms with E-state index >= 15 is 0 Å². The fourth-order valence-electron chi connectivity index (χ4n) is 2.90. The van der Waals surface area contributed by atoms with Crippen LogP contribution in [0.5, 0.6) is 0 Å². The van der Waals surface area contributed by atoms with Crippen LogP contribution >= 0.6 is 11.6 Å². The second kappa shape index (κ2) is 14.0. The first-order valence-corrected chi connectivity index (χ1v) is 15.6. The van der Waals surface area contributed by atoms with Gasteiger partial charge in [0.1, 0.15) is 0 Å². The molecule has 0 heterocycles. The first-order chi connectivity index (χ1) is 11.4. The summed E-state index contributed by atoms with van der Waals surface area (Å²) >= 11 is 4.95. The van der Waals surface area contributed by atoms with Gasteiger partial charge in [-0.3, -0.25) is 0 Å². The van der Waals surface area contributed by atoms with Crippen molar-refractivity contribution in [2.75, 3.05) is 0 Å². The van der Waals surface area contributed by atoms with Crippen LogP contribution in [-0.4, -0.2) is 25.7 Å². The van der Waals surface area contributed by atoms with Crippen molar-refractivity contribution in [1.29, 1.82) is 0 Å². The van der Waals surface area contributed by atoms with Crippen molar-refractivity contribution in [3.63, 3.8) is 0 Å². The van der Waals surface area contributed by atoms with E-state index in [1.807, 2.05) is 13.8 Å². The monoisotopic (exact) mass is 460 g/mol. The second-order valence-electron chi connectivity index (χ2n) is 6.59. The number of aliphatic carboxylic acids is 1. The SMILES string of the molecule is CC(C)C(C(=O)[O-])c1ccc(Cl)cc1.CC[CH2][Sn+]([CH2]CC)[CH2]CC. The Morgan fingerprint density at radius 1 is 1.00 bits per heavy atom. The van der Waals surface area contributed by atoms with Crippen LogP contribution in [0.1, 0.15) is 65.4 Å². The van der Waals surface area contributed by atoms with Gasteiger partial charge >= 0.3 is 73.1 Å². The molecular weight excluding hydrogens is 426 g/mol. The van der Waals surface area contributed by atoms with E-state index in [1.54, 1.807) is 37.6 Å². The van der Waals surface area contributed by atoms with E-state index in [1.165, 1.54) is 19.3 Å². The van der Waals surface area contributed by atoms with Crippen LogP contribution in [0, 0.1) is 5.92 Å². The predicted molar refractivity (Wildman–Crippen MR) is 105 cm³/mol. The Labute approximate surface area is 160 Å². The summed E-state index contributed by atoms with van der Waals surface area (Å²) in [7, 11) is 0. The van der Waals surface area contributed by atoms with E-state index in [4.69, 9.17) is 11.6 Å². The summed E-state index contributed by atoms with van der Waals surface area (Å²) in [6, 6.07) is 6.83. The molecule has 0 radical (unpaired) electrons. The quantitative estimate of drug-likeness (QED) is 0.455. The Bertz CT molecular complexity index is 431. The molecule has 0 fully saturated rings. The number of halogens is 1. The molecule has 0 bridgehead atoms. The third kappa shape index (κ3) is 9.93. The van der Waals surface area contributed by atoms with Crippen LogP contribution in [0.3, 0.4) is 0 Å². The number of hydrogen-bond acceptors (Lipinski definition) is 2. The van der Waals surface area contributed by atoms with Crippen molar-refractivity contribution in [1.82, 2.24) is 0 Å². The molecule has 0 aromatic heterocycles. The van der Waals surface area contributed by atoms with Gasteiger partial charge in [-0.2, -0.15) is 0 Å². The molecule has 1 unspecified atom stereocenters. The maximum atomic E-state index is 10.9. The number of hydrogen-bond donors (Lipinski definition) is 0. The molecule has 2 nitrogen and oxygen atoms in total. The Morgan fingerprint density at radius 2 is 1.42 bits per heavy atom. The van der Waals surface area contributed by atoms with Crippen molar-refractivity contribution in [3.8, 4) is 0 Å². The molecule has 0 spiro atoms. The fourth-order valence-corrected chi connectivity index (χ4v) is 11.2. The van der Waals surface area contributed by atoms with Crippen LogP contribution < -0.4 is 5.11 Å². The third-order valence-corrected chi connectivity index (χ3v) is 14.5. The average molecular weight is 460 g/mol. The number of carboxylic acids is 1. The molecule has 0 amide bonds. The van der Waals surface area contributed by atoms with Crippen LogP contribution in [0.25, 0.3) is 0 Å². The van der Waals surface area contributed by atoms with Crippen molar-refractivity contribution in [2.45, 2.75) is 73.1 Å². The summed E-state index contributed by atoms with van der Waals surface area (Å²) < 4.78 is 4.93. The topological polar surface area (TPSA) is 40.1 Å². The molecule has 0 aliphatic carbocycles. The van der Waals surface area contributed by atoms with Gasteiger partial charge in [0.05, 0.1) is 0 Å². The zero-order valence-electron chi connectivity index (χ0n) is 15.9. The van der Waals surface area contributed by atoms with Crippen molar-refractivity contribution in [3.05, 3.63) is 34.9 Å².